The number of hydrogen-bond acceptors (Lipinski definition) is 1. The SMILES string of the molecule is C=C(C=CN)CC[Si](C)(C)C. The Balaban J connectivity index is 3.63. The molecule has 0 aliphatic carbocycles. The maximum absolute atomic E-state index is 5.24. The highest BCUT2D eigenvalue weighted by Gasteiger charge is 2.11. The zero-order chi connectivity index (χ0) is 8.91. The van der Waals surface area contributed by atoms with Crippen LogP contribution in [0.25, 0.3) is 0 Å². The van der Waals surface area contributed by atoms with E-state index < -0.39 is 8.07 Å². The van der Waals surface area contributed by atoms with Crippen molar-refractivity contribution in [3.63, 3.8) is 0 Å². The van der Waals surface area contributed by atoms with Crippen LogP contribution in [0.5, 0.6) is 0 Å². The van der Waals surface area contributed by atoms with Crippen molar-refractivity contribution in [1.29, 1.82) is 0 Å². The molecular weight excluding hydrogens is 150 g/mol. The van der Waals surface area contributed by atoms with E-state index in [2.05, 4.69) is 26.2 Å². The van der Waals surface area contributed by atoms with Gasteiger partial charge in [-0.15, -0.1) is 0 Å². The first-order chi connectivity index (χ1) is 4.95. The third-order valence-corrected chi connectivity index (χ3v) is 3.28. The lowest BCUT2D eigenvalue weighted by Gasteiger charge is -2.14. The smallest absolute Gasteiger partial charge is 0.0445 e. The van der Waals surface area contributed by atoms with E-state index in [1.54, 1.807) is 6.20 Å². The topological polar surface area (TPSA) is 26.0 Å². The van der Waals surface area contributed by atoms with Crippen LogP contribution in [0.3, 0.4) is 0 Å². The zero-order valence-corrected chi connectivity index (χ0v) is 8.85. The summed E-state index contributed by atoms with van der Waals surface area (Å²) < 4.78 is 0. The van der Waals surface area contributed by atoms with Crippen molar-refractivity contribution < 1.29 is 0 Å². The van der Waals surface area contributed by atoms with Gasteiger partial charge in [0.25, 0.3) is 0 Å². The van der Waals surface area contributed by atoms with Gasteiger partial charge in [-0.25, -0.2) is 0 Å². The Bertz CT molecular complexity index is 153. The van der Waals surface area contributed by atoms with E-state index in [1.165, 1.54) is 6.04 Å². The van der Waals surface area contributed by atoms with E-state index in [1.807, 2.05) is 6.08 Å². The summed E-state index contributed by atoms with van der Waals surface area (Å²) in [6.07, 6.45) is 4.55. The Morgan fingerprint density at radius 1 is 1.45 bits per heavy atom. The molecule has 0 saturated heterocycles. The third-order valence-electron chi connectivity index (χ3n) is 1.53. The molecule has 0 unspecified atom stereocenters. The second kappa shape index (κ2) is 4.39. The fourth-order valence-electron chi connectivity index (χ4n) is 0.755. The van der Waals surface area contributed by atoms with Gasteiger partial charge < -0.3 is 5.73 Å². The molecule has 0 aliphatic heterocycles. The van der Waals surface area contributed by atoms with Gasteiger partial charge in [0, 0.05) is 8.07 Å². The van der Waals surface area contributed by atoms with Gasteiger partial charge >= 0.3 is 0 Å². The summed E-state index contributed by atoms with van der Waals surface area (Å²) in [7, 11) is -0.885. The van der Waals surface area contributed by atoms with Crippen molar-refractivity contribution in [2.45, 2.75) is 32.1 Å². The van der Waals surface area contributed by atoms with Gasteiger partial charge in [-0.3, -0.25) is 0 Å². The molecule has 0 saturated carbocycles. The largest absolute Gasteiger partial charge is 0.405 e. The zero-order valence-electron chi connectivity index (χ0n) is 7.85. The lowest BCUT2D eigenvalue weighted by molar-refractivity contribution is 1.11. The van der Waals surface area contributed by atoms with E-state index in [9.17, 15) is 0 Å². The van der Waals surface area contributed by atoms with Crippen LogP contribution in [0, 0.1) is 0 Å². The molecule has 0 rings (SSSR count). The Hall–Kier alpha value is -0.503. The lowest BCUT2D eigenvalue weighted by Crippen LogP contribution is -2.18. The van der Waals surface area contributed by atoms with Gasteiger partial charge in [-0.2, -0.15) is 0 Å². The standard InChI is InChI=1S/C9H19NSi/c1-9(5-7-10)6-8-11(2,3)4/h5,7H,1,6,8,10H2,2-4H3. The maximum atomic E-state index is 5.24. The van der Waals surface area contributed by atoms with Gasteiger partial charge in [-0.05, 0) is 18.7 Å². The summed E-state index contributed by atoms with van der Waals surface area (Å²) in [6.45, 7) is 11.0. The first kappa shape index (κ1) is 10.5. The predicted octanol–water partition coefficient (Wildman–Crippen LogP) is 2.74. The summed E-state index contributed by atoms with van der Waals surface area (Å²) in [5.74, 6) is 0. The monoisotopic (exact) mass is 169 g/mol. The Morgan fingerprint density at radius 3 is 2.36 bits per heavy atom. The fourth-order valence-corrected chi connectivity index (χ4v) is 1.83. The minimum absolute atomic E-state index is 0.885. The maximum Gasteiger partial charge on any atom is 0.0445 e. The van der Waals surface area contributed by atoms with E-state index in [0.717, 1.165) is 12.0 Å². The first-order valence-corrected chi connectivity index (χ1v) is 7.72. The molecule has 0 amide bonds. The van der Waals surface area contributed by atoms with Gasteiger partial charge in [0.2, 0.25) is 0 Å². The molecule has 0 aliphatic rings. The summed E-state index contributed by atoms with van der Waals surface area (Å²) in [6, 6.07) is 1.30. The fraction of sp³-hybridized carbons (Fsp3) is 0.556. The normalized spacial score (nSPS) is 12.3. The summed E-state index contributed by atoms with van der Waals surface area (Å²) in [4.78, 5) is 0. The van der Waals surface area contributed by atoms with Crippen LogP contribution in [-0.4, -0.2) is 8.07 Å². The van der Waals surface area contributed by atoms with Gasteiger partial charge in [0.15, 0.2) is 0 Å². The Morgan fingerprint density at radius 2 is 2.00 bits per heavy atom. The van der Waals surface area contributed by atoms with Crippen LogP contribution in [0.15, 0.2) is 24.4 Å². The molecule has 0 atom stereocenters. The number of allylic oxidation sites excluding steroid dienone is 2. The van der Waals surface area contributed by atoms with Crippen molar-refractivity contribution >= 4 is 8.07 Å². The highest BCUT2D eigenvalue weighted by molar-refractivity contribution is 6.76. The summed E-state index contributed by atoms with van der Waals surface area (Å²) in [5.41, 5.74) is 6.39. The second-order valence-electron chi connectivity index (χ2n) is 4.08. The van der Waals surface area contributed by atoms with Crippen LogP contribution >= 0.6 is 0 Å². The molecule has 0 bridgehead atoms. The number of rotatable bonds is 4. The highest BCUT2D eigenvalue weighted by Crippen LogP contribution is 2.15. The molecule has 11 heavy (non-hydrogen) atoms. The van der Waals surface area contributed by atoms with Crippen molar-refractivity contribution in [3.05, 3.63) is 24.4 Å². The molecule has 0 aromatic heterocycles. The van der Waals surface area contributed by atoms with E-state index in [0.29, 0.717) is 0 Å². The minimum Gasteiger partial charge on any atom is -0.405 e. The quantitative estimate of drug-likeness (QED) is 0.508. The number of hydrogen-bond donors (Lipinski definition) is 1. The van der Waals surface area contributed by atoms with E-state index in [-0.39, 0.29) is 0 Å². The molecule has 0 radical (unpaired) electrons. The van der Waals surface area contributed by atoms with Crippen LogP contribution < -0.4 is 5.73 Å². The second-order valence-corrected chi connectivity index (χ2v) is 9.70. The van der Waals surface area contributed by atoms with Crippen molar-refractivity contribution in [2.75, 3.05) is 0 Å². The molecule has 0 fully saturated rings. The summed E-state index contributed by atoms with van der Waals surface area (Å²) in [5, 5.41) is 0. The molecule has 0 aromatic carbocycles. The molecular formula is C9H19NSi. The Kier molecular flexibility index (Phi) is 4.19. The molecule has 2 N–H and O–H groups in total. The van der Waals surface area contributed by atoms with Gasteiger partial charge in [0.1, 0.15) is 0 Å². The molecule has 0 aromatic rings. The lowest BCUT2D eigenvalue weighted by atomic mass is 10.2. The molecule has 64 valence electrons. The van der Waals surface area contributed by atoms with Crippen LogP contribution in [0.1, 0.15) is 6.42 Å². The van der Waals surface area contributed by atoms with Crippen molar-refractivity contribution in [1.82, 2.24) is 0 Å². The van der Waals surface area contributed by atoms with Crippen molar-refractivity contribution in [2.24, 2.45) is 5.73 Å². The Labute approximate surface area is 71.0 Å². The van der Waals surface area contributed by atoms with Crippen molar-refractivity contribution in [3.8, 4) is 0 Å². The first-order valence-electron chi connectivity index (χ1n) is 4.02. The average Bonchev–Trinajstić information content (AvgIpc) is 1.83. The minimum atomic E-state index is -0.885. The van der Waals surface area contributed by atoms with Gasteiger partial charge in [-0.1, -0.05) is 37.8 Å². The third kappa shape index (κ3) is 7.39. The average molecular weight is 169 g/mol. The molecule has 0 heterocycles. The van der Waals surface area contributed by atoms with Crippen LogP contribution in [0.2, 0.25) is 25.7 Å². The molecule has 2 heteroatoms. The van der Waals surface area contributed by atoms with E-state index in [4.69, 9.17) is 5.73 Å². The van der Waals surface area contributed by atoms with Crippen LogP contribution in [0.4, 0.5) is 0 Å². The number of nitrogens with two attached hydrogens (primary N) is 1. The molecule has 1 nitrogen and oxygen atoms in total. The van der Waals surface area contributed by atoms with E-state index >= 15 is 0 Å². The van der Waals surface area contributed by atoms with Crippen LogP contribution in [-0.2, 0) is 0 Å². The predicted molar refractivity (Wildman–Crippen MR) is 55.2 cm³/mol. The highest BCUT2D eigenvalue weighted by atomic mass is 28.3. The summed E-state index contributed by atoms with van der Waals surface area (Å²) >= 11 is 0. The molecule has 0 spiro atoms. The van der Waals surface area contributed by atoms with Gasteiger partial charge in [0.05, 0.1) is 0 Å².